The lowest BCUT2D eigenvalue weighted by molar-refractivity contribution is -0.129. The van der Waals surface area contributed by atoms with Crippen molar-refractivity contribution < 1.29 is 26.3 Å². The first kappa shape index (κ1) is 22.5. The smallest absolute Gasteiger partial charge is 0.390 e. The lowest BCUT2D eigenvalue weighted by Gasteiger charge is -2.11. The average Bonchev–Trinajstić information content (AvgIpc) is 2.99. The first-order valence-corrected chi connectivity index (χ1v) is 10.8. The summed E-state index contributed by atoms with van der Waals surface area (Å²) in [5.41, 5.74) is 1.85. The van der Waals surface area contributed by atoms with Crippen molar-refractivity contribution >= 4 is 15.7 Å². The fourth-order valence-electron chi connectivity index (χ4n) is 2.74. The Kier molecular flexibility index (Phi) is 6.20. The van der Waals surface area contributed by atoms with Gasteiger partial charge in [0.25, 0.3) is 0 Å². The van der Waals surface area contributed by atoms with E-state index in [1.54, 1.807) is 17.7 Å². The van der Waals surface area contributed by atoms with Gasteiger partial charge < -0.3 is 4.74 Å². The summed E-state index contributed by atoms with van der Waals surface area (Å²) < 4.78 is 69.8. The number of alkyl halides is 3. The third kappa shape index (κ3) is 6.41. The molecule has 2 heterocycles. The Morgan fingerprint density at radius 2 is 1.74 bits per heavy atom. The molecule has 2 aromatic heterocycles. The van der Waals surface area contributed by atoms with Crippen LogP contribution in [0.15, 0.2) is 36.4 Å². The molecule has 0 bridgehead atoms. The van der Waals surface area contributed by atoms with Gasteiger partial charge in [0, 0.05) is 17.4 Å². The number of aromatic nitrogens is 4. The molecule has 0 aliphatic rings. The number of rotatable bonds is 7. The Bertz CT molecular complexity index is 1180. The second-order valence-electron chi connectivity index (χ2n) is 6.86. The van der Waals surface area contributed by atoms with E-state index in [0.29, 0.717) is 17.4 Å². The van der Waals surface area contributed by atoms with Gasteiger partial charge in [-0.25, -0.2) is 18.1 Å². The maximum Gasteiger partial charge on any atom is 0.390 e. The number of ether oxygens (including phenoxy) is 1. The molecule has 1 aromatic carbocycles. The first-order chi connectivity index (χ1) is 14.4. The third-order valence-corrected chi connectivity index (χ3v) is 5.32. The van der Waals surface area contributed by atoms with Crippen molar-refractivity contribution in [3.8, 4) is 17.4 Å². The Morgan fingerprint density at radius 1 is 1.06 bits per heavy atom. The number of aryl methyl sites for hydroxylation is 3. The van der Waals surface area contributed by atoms with Gasteiger partial charge in [0.05, 0.1) is 17.9 Å². The minimum Gasteiger partial charge on any atom is -0.439 e. The standard InChI is InChI=1S/C19H20F3N5O3S/c1-12-10-13(2)27(25-12)17-11-18(24-14(3)23-17)30-16-6-4-15(5-7-16)26-31(28,29)9-8-19(20,21)22/h4-7,10-11,26H,8-9H2,1-3H3. The van der Waals surface area contributed by atoms with Crippen LogP contribution in [0.1, 0.15) is 23.6 Å². The van der Waals surface area contributed by atoms with Crippen molar-refractivity contribution in [1.29, 1.82) is 0 Å². The lowest BCUT2D eigenvalue weighted by atomic mass is 10.3. The van der Waals surface area contributed by atoms with Gasteiger partial charge in [0.1, 0.15) is 11.6 Å². The molecule has 166 valence electrons. The van der Waals surface area contributed by atoms with Crippen LogP contribution >= 0.6 is 0 Å². The topological polar surface area (TPSA) is 99.0 Å². The number of sulfonamides is 1. The highest BCUT2D eigenvalue weighted by atomic mass is 32.2. The molecule has 8 nitrogen and oxygen atoms in total. The molecule has 0 amide bonds. The first-order valence-electron chi connectivity index (χ1n) is 9.15. The molecular weight excluding hydrogens is 435 g/mol. The molecule has 0 saturated carbocycles. The average molecular weight is 455 g/mol. The minimum atomic E-state index is -4.55. The van der Waals surface area contributed by atoms with Crippen molar-refractivity contribution in [3.05, 3.63) is 53.6 Å². The normalized spacial score (nSPS) is 12.1. The van der Waals surface area contributed by atoms with Crippen LogP contribution in [0.2, 0.25) is 0 Å². The van der Waals surface area contributed by atoms with E-state index in [2.05, 4.69) is 19.8 Å². The molecular formula is C19H20F3N5O3S. The van der Waals surface area contributed by atoms with Gasteiger partial charge in [0.15, 0.2) is 5.82 Å². The maximum atomic E-state index is 12.2. The number of hydrogen-bond acceptors (Lipinski definition) is 6. The summed E-state index contributed by atoms with van der Waals surface area (Å²) in [7, 11) is -4.12. The van der Waals surface area contributed by atoms with Crippen molar-refractivity contribution in [2.24, 2.45) is 0 Å². The van der Waals surface area contributed by atoms with Crippen LogP contribution < -0.4 is 9.46 Å². The lowest BCUT2D eigenvalue weighted by Crippen LogP contribution is -2.21. The summed E-state index contributed by atoms with van der Waals surface area (Å²) in [6.07, 6.45) is -5.97. The molecule has 1 N–H and O–H groups in total. The Hall–Kier alpha value is -3.15. The fraction of sp³-hybridized carbons (Fsp3) is 0.316. The van der Waals surface area contributed by atoms with E-state index in [9.17, 15) is 21.6 Å². The van der Waals surface area contributed by atoms with E-state index >= 15 is 0 Å². The fourth-order valence-corrected chi connectivity index (χ4v) is 3.84. The monoisotopic (exact) mass is 455 g/mol. The molecule has 0 atom stereocenters. The summed E-state index contributed by atoms with van der Waals surface area (Å²) in [6.45, 7) is 5.47. The van der Waals surface area contributed by atoms with Gasteiger partial charge in [-0.1, -0.05) is 0 Å². The van der Waals surface area contributed by atoms with E-state index in [-0.39, 0.29) is 11.6 Å². The van der Waals surface area contributed by atoms with Crippen LogP contribution in [0.4, 0.5) is 18.9 Å². The molecule has 0 unspecified atom stereocenters. The van der Waals surface area contributed by atoms with Crippen LogP contribution in [0.3, 0.4) is 0 Å². The minimum absolute atomic E-state index is 0.122. The molecule has 31 heavy (non-hydrogen) atoms. The highest BCUT2D eigenvalue weighted by molar-refractivity contribution is 7.92. The number of halogens is 3. The maximum absolute atomic E-state index is 12.2. The predicted octanol–water partition coefficient (Wildman–Crippen LogP) is 4.07. The van der Waals surface area contributed by atoms with E-state index in [0.717, 1.165) is 11.4 Å². The molecule has 0 aliphatic carbocycles. The quantitative estimate of drug-likeness (QED) is 0.577. The number of anilines is 1. The van der Waals surface area contributed by atoms with Gasteiger partial charge in [-0.2, -0.15) is 23.3 Å². The molecule has 0 spiro atoms. The molecule has 0 fully saturated rings. The number of benzene rings is 1. The van der Waals surface area contributed by atoms with Crippen molar-refractivity contribution in [3.63, 3.8) is 0 Å². The highest BCUT2D eigenvalue weighted by Gasteiger charge is 2.29. The molecule has 3 aromatic rings. The number of nitrogens with one attached hydrogen (secondary N) is 1. The van der Waals surface area contributed by atoms with Crippen LogP contribution in [0.5, 0.6) is 11.6 Å². The van der Waals surface area contributed by atoms with Crippen LogP contribution in [0, 0.1) is 20.8 Å². The van der Waals surface area contributed by atoms with Gasteiger partial charge in [-0.05, 0) is 51.1 Å². The summed E-state index contributed by atoms with van der Waals surface area (Å²) >= 11 is 0. The van der Waals surface area contributed by atoms with Gasteiger partial charge in [-0.15, -0.1) is 0 Å². The summed E-state index contributed by atoms with van der Waals surface area (Å²) in [4.78, 5) is 8.59. The van der Waals surface area contributed by atoms with Crippen LogP contribution in [-0.2, 0) is 10.0 Å². The van der Waals surface area contributed by atoms with Crippen molar-refractivity contribution in [1.82, 2.24) is 19.7 Å². The molecule has 0 aliphatic heterocycles. The van der Waals surface area contributed by atoms with Gasteiger partial charge in [0.2, 0.25) is 15.9 Å². The largest absolute Gasteiger partial charge is 0.439 e. The SMILES string of the molecule is Cc1cc(C)n(-c2cc(Oc3ccc(NS(=O)(=O)CCC(F)(F)F)cc3)nc(C)n2)n1. The number of nitrogens with zero attached hydrogens (tertiary/aromatic N) is 4. The second kappa shape index (κ2) is 8.53. The van der Waals surface area contributed by atoms with Crippen molar-refractivity contribution in [2.75, 3.05) is 10.5 Å². The molecule has 0 radical (unpaired) electrons. The molecule has 12 heteroatoms. The summed E-state index contributed by atoms with van der Waals surface area (Å²) in [5.74, 6) is 0.560. The Balaban J connectivity index is 1.72. The van der Waals surface area contributed by atoms with E-state index in [4.69, 9.17) is 4.74 Å². The van der Waals surface area contributed by atoms with Crippen LogP contribution in [-0.4, -0.2) is 40.1 Å². The summed E-state index contributed by atoms with van der Waals surface area (Å²) in [5, 5.41) is 4.38. The molecule has 0 saturated heterocycles. The predicted molar refractivity (Wildman–Crippen MR) is 108 cm³/mol. The van der Waals surface area contributed by atoms with Crippen molar-refractivity contribution in [2.45, 2.75) is 33.4 Å². The molecule has 3 rings (SSSR count). The Morgan fingerprint density at radius 3 is 2.32 bits per heavy atom. The van der Waals surface area contributed by atoms with E-state index in [1.165, 1.54) is 24.3 Å². The van der Waals surface area contributed by atoms with E-state index in [1.807, 2.05) is 19.9 Å². The number of hydrogen-bond donors (Lipinski definition) is 1. The van der Waals surface area contributed by atoms with Crippen LogP contribution in [0.25, 0.3) is 5.82 Å². The Labute approximate surface area is 177 Å². The summed E-state index contributed by atoms with van der Waals surface area (Å²) in [6, 6.07) is 9.24. The second-order valence-corrected chi connectivity index (χ2v) is 8.70. The third-order valence-electron chi connectivity index (χ3n) is 4.03. The van der Waals surface area contributed by atoms with E-state index < -0.39 is 28.4 Å². The zero-order valence-corrected chi connectivity index (χ0v) is 17.8. The zero-order valence-electron chi connectivity index (χ0n) is 16.9. The highest BCUT2D eigenvalue weighted by Crippen LogP contribution is 2.25. The van der Waals surface area contributed by atoms with Gasteiger partial charge >= 0.3 is 6.18 Å². The van der Waals surface area contributed by atoms with Gasteiger partial charge in [-0.3, -0.25) is 4.72 Å². The zero-order chi connectivity index (χ0) is 22.8.